The molecule has 0 saturated heterocycles. The average molecular weight is 489 g/mol. The lowest BCUT2D eigenvalue weighted by atomic mass is 10.1. The molecule has 1 atom stereocenters. The molecule has 2 heterocycles. The number of rotatable bonds is 6. The molecule has 1 aliphatic heterocycles. The summed E-state index contributed by atoms with van der Waals surface area (Å²) < 4.78 is 26.7. The highest BCUT2D eigenvalue weighted by Gasteiger charge is 2.27. The highest BCUT2D eigenvalue weighted by atomic mass is 19.2. The first-order valence-corrected chi connectivity index (χ1v) is 11.1. The third-order valence-corrected chi connectivity index (χ3v) is 5.66. The van der Waals surface area contributed by atoms with E-state index in [2.05, 4.69) is 36.4 Å². The van der Waals surface area contributed by atoms with E-state index in [1.807, 2.05) is 18.2 Å². The van der Waals surface area contributed by atoms with E-state index in [4.69, 9.17) is 0 Å². The standard InChI is InChI=1S/C25H21F2N7O2/c1-13(33-34-25-31-20-10-16(26)17(27)11-21(20)32-25)14-6-8-15(9-7-14)28-23(35)12-22-24(36)30-19-5-3-2-4-18(19)29-22/h2-11,22,29H,12H2,1H3,(H,28,35)(H,30,36)(H2,31,32,34)/b33-13+. The minimum Gasteiger partial charge on any atom is -0.372 e. The van der Waals surface area contributed by atoms with Crippen LogP contribution in [0, 0.1) is 11.6 Å². The highest BCUT2D eigenvalue weighted by molar-refractivity contribution is 6.06. The molecule has 182 valence electrons. The van der Waals surface area contributed by atoms with Crippen LogP contribution in [0.1, 0.15) is 18.9 Å². The van der Waals surface area contributed by atoms with Gasteiger partial charge in [-0.15, -0.1) is 0 Å². The van der Waals surface area contributed by atoms with Crippen molar-refractivity contribution in [3.05, 3.63) is 77.9 Å². The molecule has 5 rings (SSSR count). The molecule has 4 aromatic rings. The number of fused-ring (bicyclic) bond motifs is 2. The van der Waals surface area contributed by atoms with Crippen LogP contribution in [0.15, 0.2) is 65.8 Å². The number of H-pyrrole nitrogens is 1. The van der Waals surface area contributed by atoms with Crippen LogP contribution in [0.3, 0.4) is 0 Å². The Bertz CT molecular complexity index is 1460. The monoisotopic (exact) mass is 489 g/mol. The Balaban J connectivity index is 1.18. The van der Waals surface area contributed by atoms with Crippen molar-refractivity contribution in [2.75, 3.05) is 21.4 Å². The topological polar surface area (TPSA) is 123 Å². The van der Waals surface area contributed by atoms with Gasteiger partial charge in [0.2, 0.25) is 17.8 Å². The van der Waals surface area contributed by atoms with Crippen LogP contribution in [0.4, 0.5) is 31.8 Å². The lowest BCUT2D eigenvalue weighted by Crippen LogP contribution is -2.41. The number of aromatic nitrogens is 2. The number of imidazole rings is 1. The van der Waals surface area contributed by atoms with Gasteiger partial charge in [-0.05, 0) is 36.8 Å². The SMILES string of the molecule is C/C(=N\Nc1nc2cc(F)c(F)cc2[nH]1)c1ccc(NC(=O)CC2Nc3ccccc3NC2=O)cc1. The number of nitrogens with zero attached hydrogens (tertiary/aromatic N) is 2. The number of hydrogen-bond acceptors (Lipinski definition) is 6. The first-order chi connectivity index (χ1) is 17.4. The predicted molar refractivity (Wildman–Crippen MR) is 134 cm³/mol. The summed E-state index contributed by atoms with van der Waals surface area (Å²) in [5.41, 5.74) is 6.77. The van der Waals surface area contributed by atoms with E-state index in [0.29, 0.717) is 22.6 Å². The second-order valence-corrected chi connectivity index (χ2v) is 8.24. The fraction of sp³-hybridized carbons (Fsp3) is 0.120. The lowest BCUT2D eigenvalue weighted by molar-refractivity contribution is -0.122. The smallest absolute Gasteiger partial charge is 0.247 e. The van der Waals surface area contributed by atoms with Crippen LogP contribution < -0.4 is 21.4 Å². The van der Waals surface area contributed by atoms with Crippen molar-refractivity contribution in [1.82, 2.24) is 9.97 Å². The largest absolute Gasteiger partial charge is 0.372 e. The van der Waals surface area contributed by atoms with Crippen molar-refractivity contribution in [3.63, 3.8) is 0 Å². The van der Waals surface area contributed by atoms with E-state index in [1.54, 1.807) is 37.3 Å². The van der Waals surface area contributed by atoms with Gasteiger partial charge in [-0.3, -0.25) is 9.59 Å². The summed E-state index contributed by atoms with van der Waals surface area (Å²) in [6.07, 6.45) is -0.0301. The second kappa shape index (κ2) is 9.45. The molecule has 1 unspecified atom stereocenters. The van der Waals surface area contributed by atoms with Crippen LogP contribution in [0.25, 0.3) is 11.0 Å². The van der Waals surface area contributed by atoms with E-state index in [0.717, 1.165) is 23.4 Å². The number of carbonyl (C=O) groups is 2. The van der Waals surface area contributed by atoms with E-state index >= 15 is 0 Å². The summed E-state index contributed by atoms with van der Waals surface area (Å²) in [5.74, 6) is -2.27. The number of nitrogens with one attached hydrogen (secondary N) is 5. The minimum atomic E-state index is -0.976. The van der Waals surface area contributed by atoms with Gasteiger partial charge in [0.15, 0.2) is 11.6 Å². The molecule has 11 heteroatoms. The van der Waals surface area contributed by atoms with Gasteiger partial charge in [-0.2, -0.15) is 5.10 Å². The molecule has 0 fully saturated rings. The van der Waals surface area contributed by atoms with Gasteiger partial charge in [0.05, 0.1) is 34.5 Å². The maximum Gasteiger partial charge on any atom is 0.247 e. The summed E-state index contributed by atoms with van der Waals surface area (Å²) in [6.45, 7) is 1.77. The van der Waals surface area contributed by atoms with Gasteiger partial charge in [0, 0.05) is 17.8 Å². The number of anilines is 4. The molecule has 5 N–H and O–H groups in total. The Hall–Kier alpha value is -4.80. The molecule has 36 heavy (non-hydrogen) atoms. The van der Waals surface area contributed by atoms with Crippen LogP contribution in [0.2, 0.25) is 0 Å². The van der Waals surface area contributed by atoms with Gasteiger partial charge < -0.3 is 20.9 Å². The molecule has 3 aromatic carbocycles. The zero-order valence-corrected chi connectivity index (χ0v) is 19.0. The Labute approximate surface area is 204 Å². The molecular formula is C25H21F2N7O2. The van der Waals surface area contributed by atoms with Crippen molar-refractivity contribution in [2.45, 2.75) is 19.4 Å². The van der Waals surface area contributed by atoms with Crippen LogP contribution in [-0.2, 0) is 9.59 Å². The summed E-state index contributed by atoms with van der Waals surface area (Å²) in [6, 6.07) is 15.7. The predicted octanol–water partition coefficient (Wildman–Crippen LogP) is 4.44. The van der Waals surface area contributed by atoms with Crippen molar-refractivity contribution >= 4 is 51.6 Å². The fourth-order valence-corrected chi connectivity index (χ4v) is 3.79. The van der Waals surface area contributed by atoms with Gasteiger partial charge in [0.25, 0.3) is 0 Å². The van der Waals surface area contributed by atoms with Crippen LogP contribution in [0.5, 0.6) is 0 Å². The number of halogens is 2. The maximum atomic E-state index is 13.4. The van der Waals surface area contributed by atoms with E-state index in [9.17, 15) is 18.4 Å². The van der Waals surface area contributed by atoms with Crippen molar-refractivity contribution < 1.29 is 18.4 Å². The highest BCUT2D eigenvalue weighted by Crippen LogP contribution is 2.27. The number of hydrazone groups is 1. The van der Waals surface area contributed by atoms with Gasteiger partial charge in [-0.25, -0.2) is 19.2 Å². The fourth-order valence-electron chi connectivity index (χ4n) is 3.79. The number of carbonyl (C=O) groups excluding carboxylic acids is 2. The number of benzene rings is 3. The maximum absolute atomic E-state index is 13.4. The third-order valence-electron chi connectivity index (χ3n) is 5.66. The van der Waals surface area contributed by atoms with Crippen LogP contribution >= 0.6 is 0 Å². The zero-order chi connectivity index (χ0) is 25.2. The van der Waals surface area contributed by atoms with Crippen molar-refractivity contribution in [2.24, 2.45) is 5.10 Å². The average Bonchev–Trinajstić information content (AvgIpc) is 3.25. The lowest BCUT2D eigenvalue weighted by Gasteiger charge is -2.26. The summed E-state index contributed by atoms with van der Waals surface area (Å²) >= 11 is 0. The first kappa shape index (κ1) is 23.0. The van der Waals surface area contributed by atoms with E-state index in [-0.39, 0.29) is 29.7 Å². The number of aromatic amines is 1. The second-order valence-electron chi connectivity index (χ2n) is 8.24. The molecule has 1 aliphatic rings. The first-order valence-electron chi connectivity index (χ1n) is 11.1. The molecule has 1 aromatic heterocycles. The molecule has 0 spiro atoms. The molecule has 0 saturated carbocycles. The number of amides is 2. The summed E-state index contributed by atoms with van der Waals surface area (Å²) in [5, 5.41) is 12.9. The Morgan fingerprint density at radius 2 is 1.78 bits per heavy atom. The minimum absolute atomic E-state index is 0.0301. The molecule has 0 bridgehead atoms. The van der Waals surface area contributed by atoms with E-state index in [1.165, 1.54) is 0 Å². The zero-order valence-electron chi connectivity index (χ0n) is 19.0. The van der Waals surface area contributed by atoms with Crippen LogP contribution in [-0.4, -0.2) is 33.5 Å². The molecule has 9 nitrogen and oxygen atoms in total. The normalized spacial score (nSPS) is 15.1. The Morgan fingerprint density at radius 1 is 1.06 bits per heavy atom. The molecule has 2 amide bonds. The van der Waals surface area contributed by atoms with Gasteiger partial charge in [-0.1, -0.05) is 24.3 Å². The van der Waals surface area contributed by atoms with Gasteiger partial charge in [0.1, 0.15) is 6.04 Å². The molecule has 0 aliphatic carbocycles. The van der Waals surface area contributed by atoms with Crippen molar-refractivity contribution in [1.29, 1.82) is 0 Å². The summed E-state index contributed by atoms with van der Waals surface area (Å²) in [4.78, 5) is 31.8. The number of hydrogen-bond donors (Lipinski definition) is 5. The third kappa shape index (κ3) is 4.85. The van der Waals surface area contributed by atoms with Gasteiger partial charge >= 0.3 is 0 Å². The van der Waals surface area contributed by atoms with Crippen molar-refractivity contribution in [3.8, 4) is 0 Å². The quantitative estimate of drug-likeness (QED) is 0.202. The van der Waals surface area contributed by atoms with E-state index < -0.39 is 17.7 Å². The Morgan fingerprint density at radius 3 is 2.56 bits per heavy atom. The Kier molecular flexibility index (Phi) is 6.03. The summed E-state index contributed by atoms with van der Waals surface area (Å²) in [7, 11) is 0. The molecular weight excluding hydrogens is 468 g/mol. The number of para-hydroxylation sites is 2. The molecule has 0 radical (unpaired) electrons.